The number of hydrogen-bond acceptors (Lipinski definition) is 2. The van der Waals surface area contributed by atoms with Crippen molar-refractivity contribution in [3.63, 3.8) is 0 Å². The fourth-order valence-corrected chi connectivity index (χ4v) is 4.30. The predicted octanol–water partition coefficient (Wildman–Crippen LogP) is 3.67. The minimum atomic E-state index is 0.758. The molecule has 1 N–H and O–H groups in total. The first kappa shape index (κ1) is 15.3. The largest absolute Gasteiger partial charge is 0.313 e. The average Bonchev–Trinajstić information content (AvgIpc) is 2.90. The van der Waals surface area contributed by atoms with E-state index in [0.29, 0.717) is 0 Å². The summed E-state index contributed by atoms with van der Waals surface area (Å²) in [5, 5.41) is 3.77. The lowest BCUT2D eigenvalue weighted by Crippen LogP contribution is -2.52. The molecule has 1 saturated carbocycles. The van der Waals surface area contributed by atoms with Crippen molar-refractivity contribution in [1.82, 2.24) is 10.2 Å². The molecule has 2 fully saturated rings. The Bertz CT molecular complexity index is 254. The monoisotopic (exact) mass is 266 g/mol. The fourth-order valence-electron chi connectivity index (χ4n) is 4.30. The molecule has 4 unspecified atom stereocenters. The SMILES string of the molecule is CCCC1CCC(NCC)C(N2CCC(CC)C2)C1. The Kier molecular flexibility index (Phi) is 6.15. The van der Waals surface area contributed by atoms with Gasteiger partial charge in [0.25, 0.3) is 0 Å². The molecule has 2 nitrogen and oxygen atoms in total. The molecule has 1 saturated heterocycles. The molecule has 0 spiro atoms. The molecule has 0 aromatic rings. The zero-order valence-corrected chi connectivity index (χ0v) is 13.3. The molecule has 0 aromatic carbocycles. The topological polar surface area (TPSA) is 15.3 Å². The Morgan fingerprint density at radius 1 is 1.05 bits per heavy atom. The van der Waals surface area contributed by atoms with Gasteiger partial charge in [-0.3, -0.25) is 4.90 Å². The summed E-state index contributed by atoms with van der Waals surface area (Å²) in [6, 6.07) is 1.58. The third-order valence-electron chi connectivity index (χ3n) is 5.45. The number of rotatable bonds is 6. The molecular weight excluding hydrogens is 232 g/mol. The molecule has 4 atom stereocenters. The van der Waals surface area contributed by atoms with Crippen molar-refractivity contribution in [2.75, 3.05) is 19.6 Å². The van der Waals surface area contributed by atoms with E-state index in [1.165, 1.54) is 58.0 Å². The van der Waals surface area contributed by atoms with Crippen LogP contribution < -0.4 is 5.32 Å². The van der Waals surface area contributed by atoms with E-state index < -0.39 is 0 Å². The van der Waals surface area contributed by atoms with Crippen molar-refractivity contribution in [1.29, 1.82) is 0 Å². The molecule has 0 radical (unpaired) electrons. The minimum Gasteiger partial charge on any atom is -0.313 e. The standard InChI is InChI=1S/C17H34N2/c1-4-7-15-8-9-16(18-6-3)17(12-15)19-11-10-14(5-2)13-19/h14-18H,4-13H2,1-3H3. The highest BCUT2D eigenvalue weighted by Gasteiger charge is 2.36. The molecule has 1 aliphatic heterocycles. The molecule has 1 heterocycles. The predicted molar refractivity (Wildman–Crippen MR) is 83.5 cm³/mol. The highest BCUT2D eigenvalue weighted by atomic mass is 15.2. The second kappa shape index (κ2) is 7.64. The molecule has 0 bridgehead atoms. The lowest BCUT2D eigenvalue weighted by atomic mass is 9.79. The van der Waals surface area contributed by atoms with Gasteiger partial charge >= 0.3 is 0 Å². The highest BCUT2D eigenvalue weighted by Crippen LogP contribution is 2.34. The van der Waals surface area contributed by atoms with Crippen LogP contribution in [0.15, 0.2) is 0 Å². The van der Waals surface area contributed by atoms with E-state index >= 15 is 0 Å². The van der Waals surface area contributed by atoms with Crippen molar-refractivity contribution >= 4 is 0 Å². The quantitative estimate of drug-likeness (QED) is 0.789. The molecular formula is C17H34N2. The second-order valence-electron chi connectivity index (χ2n) is 6.76. The van der Waals surface area contributed by atoms with E-state index in [1.807, 2.05) is 0 Å². The number of hydrogen-bond donors (Lipinski definition) is 1. The Morgan fingerprint density at radius 3 is 2.53 bits per heavy atom. The maximum atomic E-state index is 3.77. The van der Waals surface area contributed by atoms with Crippen LogP contribution in [0, 0.1) is 11.8 Å². The first-order chi connectivity index (χ1) is 9.28. The minimum absolute atomic E-state index is 0.758. The fraction of sp³-hybridized carbons (Fsp3) is 1.00. The molecule has 2 aliphatic rings. The van der Waals surface area contributed by atoms with Crippen molar-refractivity contribution in [3.05, 3.63) is 0 Å². The summed E-state index contributed by atoms with van der Waals surface area (Å²) in [4.78, 5) is 2.82. The van der Waals surface area contributed by atoms with Crippen LogP contribution in [-0.4, -0.2) is 36.6 Å². The van der Waals surface area contributed by atoms with E-state index in [9.17, 15) is 0 Å². The van der Waals surface area contributed by atoms with Gasteiger partial charge in [0, 0.05) is 18.6 Å². The van der Waals surface area contributed by atoms with Gasteiger partial charge in [-0.25, -0.2) is 0 Å². The van der Waals surface area contributed by atoms with Gasteiger partial charge in [-0.15, -0.1) is 0 Å². The molecule has 112 valence electrons. The Hall–Kier alpha value is -0.0800. The summed E-state index contributed by atoms with van der Waals surface area (Å²) in [6.45, 7) is 10.8. The maximum Gasteiger partial charge on any atom is 0.0252 e. The molecule has 2 rings (SSSR count). The van der Waals surface area contributed by atoms with Crippen molar-refractivity contribution in [2.45, 2.75) is 77.8 Å². The Morgan fingerprint density at radius 2 is 1.89 bits per heavy atom. The number of nitrogens with one attached hydrogen (secondary N) is 1. The molecule has 2 heteroatoms. The number of likely N-dealkylation sites (tertiary alicyclic amines) is 1. The number of likely N-dealkylation sites (N-methyl/N-ethyl adjacent to an activating group) is 1. The lowest BCUT2D eigenvalue weighted by Gasteiger charge is -2.42. The average molecular weight is 266 g/mol. The highest BCUT2D eigenvalue weighted by molar-refractivity contribution is 4.93. The van der Waals surface area contributed by atoms with Gasteiger partial charge < -0.3 is 5.32 Å². The molecule has 0 aromatic heterocycles. The van der Waals surface area contributed by atoms with Crippen LogP contribution in [0.4, 0.5) is 0 Å². The van der Waals surface area contributed by atoms with E-state index in [-0.39, 0.29) is 0 Å². The van der Waals surface area contributed by atoms with Crippen LogP contribution >= 0.6 is 0 Å². The summed E-state index contributed by atoms with van der Waals surface area (Å²) < 4.78 is 0. The van der Waals surface area contributed by atoms with Crippen molar-refractivity contribution < 1.29 is 0 Å². The molecule has 1 aliphatic carbocycles. The summed E-state index contributed by atoms with van der Waals surface area (Å²) in [6.07, 6.45) is 9.91. The van der Waals surface area contributed by atoms with E-state index in [2.05, 4.69) is 31.0 Å². The Labute approximate surface area is 120 Å². The Balaban J connectivity index is 1.95. The summed E-state index contributed by atoms with van der Waals surface area (Å²) in [5.41, 5.74) is 0. The normalized spacial score (nSPS) is 36.8. The van der Waals surface area contributed by atoms with Gasteiger partial charge in [0.05, 0.1) is 0 Å². The van der Waals surface area contributed by atoms with Crippen molar-refractivity contribution in [3.8, 4) is 0 Å². The summed E-state index contributed by atoms with van der Waals surface area (Å²) in [7, 11) is 0. The smallest absolute Gasteiger partial charge is 0.0252 e. The van der Waals surface area contributed by atoms with Crippen LogP contribution in [0.5, 0.6) is 0 Å². The van der Waals surface area contributed by atoms with E-state index in [0.717, 1.165) is 30.5 Å². The van der Waals surface area contributed by atoms with Gasteiger partial charge in [0.15, 0.2) is 0 Å². The summed E-state index contributed by atoms with van der Waals surface area (Å²) in [5.74, 6) is 1.96. The first-order valence-corrected chi connectivity index (χ1v) is 8.75. The number of nitrogens with zero attached hydrogens (tertiary/aromatic N) is 1. The van der Waals surface area contributed by atoms with E-state index in [1.54, 1.807) is 0 Å². The third kappa shape index (κ3) is 3.95. The molecule has 19 heavy (non-hydrogen) atoms. The van der Waals surface area contributed by atoms with Crippen LogP contribution in [0.1, 0.15) is 65.7 Å². The molecule has 0 amide bonds. The first-order valence-electron chi connectivity index (χ1n) is 8.75. The zero-order chi connectivity index (χ0) is 13.7. The van der Waals surface area contributed by atoms with Crippen LogP contribution in [0.3, 0.4) is 0 Å². The van der Waals surface area contributed by atoms with Crippen LogP contribution in [-0.2, 0) is 0 Å². The second-order valence-corrected chi connectivity index (χ2v) is 6.76. The van der Waals surface area contributed by atoms with Gasteiger partial charge in [-0.05, 0) is 50.6 Å². The zero-order valence-electron chi connectivity index (χ0n) is 13.3. The van der Waals surface area contributed by atoms with Gasteiger partial charge in [-0.2, -0.15) is 0 Å². The summed E-state index contributed by atoms with van der Waals surface area (Å²) >= 11 is 0. The van der Waals surface area contributed by atoms with Crippen molar-refractivity contribution in [2.24, 2.45) is 11.8 Å². The van der Waals surface area contributed by atoms with Gasteiger partial charge in [0.1, 0.15) is 0 Å². The van der Waals surface area contributed by atoms with E-state index in [4.69, 9.17) is 0 Å². The van der Waals surface area contributed by atoms with Gasteiger partial charge in [-0.1, -0.05) is 40.0 Å². The lowest BCUT2D eigenvalue weighted by molar-refractivity contribution is 0.112. The third-order valence-corrected chi connectivity index (χ3v) is 5.45. The van der Waals surface area contributed by atoms with Gasteiger partial charge in [0.2, 0.25) is 0 Å². The maximum absolute atomic E-state index is 3.77. The van der Waals surface area contributed by atoms with Crippen LogP contribution in [0.25, 0.3) is 0 Å². The van der Waals surface area contributed by atoms with Crippen LogP contribution in [0.2, 0.25) is 0 Å².